The second-order valence-corrected chi connectivity index (χ2v) is 12.7. The van der Waals surface area contributed by atoms with Gasteiger partial charge in [0.25, 0.3) is 5.91 Å². The average molecular weight is 451 g/mol. The summed E-state index contributed by atoms with van der Waals surface area (Å²) >= 11 is 0. The van der Waals surface area contributed by atoms with Gasteiger partial charge < -0.3 is 10.2 Å². The number of nitrogens with one attached hydrogen (secondary N) is 1. The molecular weight excluding hydrogens is 404 g/mol. The van der Waals surface area contributed by atoms with Crippen LogP contribution < -0.4 is 5.32 Å². The van der Waals surface area contributed by atoms with Gasteiger partial charge in [-0.3, -0.25) is 4.79 Å². The molecule has 0 unspecified atom stereocenters. The van der Waals surface area contributed by atoms with E-state index in [9.17, 15) is 4.79 Å². The van der Waals surface area contributed by atoms with Crippen LogP contribution in [0, 0.1) is 40.4 Å². The van der Waals surface area contributed by atoms with Crippen molar-refractivity contribution in [1.29, 1.82) is 0 Å². The third-order valence-electron chi connectivity index (χ3n) is 11.7. The van der Waals surface area contributed by atoms with E-state index in [-0.39, 0.29) is 5.91 Å². The van der Waals surface area contributed by atoms with E-state index in [1.807, 2.05) is 37.4 Å². The van der Waals surface area contributed by atoms with Crippen molar-refractivity contribution in [3.63, 3.8) is 0 Å². The second kappa shape index (κ2) is 8.70. The van der Waals surface area contributed by atoms with Crippen molar-refractivity contribution in [2.45, 2.75) is 90.6 Å². The highest BCUT2D eigenvalue weighted by Crippen LogP contribution is 2.67. The number of nitrogens with zero attached hydrogens (tertiary/aromatic N) is 1. The minimum absolute atomic E-state index is 0.196. The maximum Gasteiger partial charge on any atom is 0.253 e. The molecule has 4 aliphatic rings. The predicted octanol–water partition coefficient (Wildman–Crippen LogP) is 6.39. The monoisotopic (exact) mass is 450 g/mol. The summed E-state index contributed by atoms with van der Waals surface area (Å²) in [6.07, 6.45) is 12.2. The van der Waals surface area contributed by atoms with Crippen LogP contribution in [0.4, 0.5) is 0 Å². The lowest BCUT2D eigenvalue weighted by molar-refractivity contribution is -0.120. The fourth-order valence-corrected chi connectivity index (χ4v) is 9.60. The first-order valence-electron chi connectivity index (χ1n) is 13.8. The van der Waals surface area contributed by atoms with Crippen molar-refractivity contribution in [1.82, 2.24) is 10.2 Å². The first-order valence-corrected chi connectivity index (χ1v) is 13.8. The summed E-state index contributed by atoms with van der Waals surface area (Å²) in [4.78, 5) is 15.2. The molecule has 0 radical (unpaired) electrons. The molecule has 1 N–H and O–H groups in total. The summed E-state index contributed by atoms with van der Waals surface area (Å²) in [6.45, 7) is 7.71. The lowest BCUT2D eigenvalue weighted by Gasteiger charge is -2.61. The van der Waals surface area contributed by atoms with E-state index in [1.54, 1.807) is 0 Å². The number of hydrogen-bond acceptors (Lipinski definition) is 2. The molecule has 9 atom stereocenters. The highest BCUT2D eigenvalue weighted by atomic mass is 16.2. The van der Waals surface area contributed by atoms with Gasteiger partial charge in [-0.1, -0.05) is 32.0 Å². The molecular formula is C30H46N2O. The molecule has 0 heterocycles. The summed E-state index contributed by atoms with van der Waals surface area (Å²) in [6, 6.07) is 10.9. The van der Waals surface area contributed by atoms with Crippen LogP contribution in [0.3, 0.4) is 0 Å². The lowest BCUT2D eigenvalue weighted by atomic mass is 9.44. The molecule has 182 valence electrons. The van der Waals surface area contributed by atoms with Gasteiger partial charge in [-0.15, -0.1) is 0 Å². The SMILES string of the molecule is CN[C@H](C)[C@H]1CC[C@H]2[C@@H]3CC[C@H]4C[C@@H](N(C)C(=O)c5ccccc5)CC[C@]4(C)[C@H]3CC[C@]12C. The summed E-state index contributed by atoms with van der Waals surface area (Å²) < 4.78 is 0. The zero-order valence-electron chi connectivity index (χ0n) is 21.6. The molecule has 4 aliphatic carbocycles. The standard InChI is InChI=1S/C30H46N2O/c1-20(31-4)25-13-14-26-24-12-11-22-19-23(32(5)28(33)21-9-7-6-8-10-21)15-17-29(22,2)27(24)16-18-30(25,26)3/h6-10,20,22-27,31H,11-19H2,1-5H3/t20-,22+,23+,24+,25-,26+,27+,29+,30-/m1/s1. The van der Waals surface area contributed by atoms with Crippen LogP contribution in [0.15, 0.2) is 30.3 Å². The molecule has 1 amide bonds. The fourth-order valence-electron chi connectivity index (χ4n) is 9.60. The van der Waals surface area contributed by atoms with Gasteiger partial charge in [0.2, 0.25) is 0 Å². The van der Waals surface area contributed by atoms with Crippen LogP contribution in [0.2, 0.25) is 0 Å². The molecule has 4 saturated carbocycles. The molecule has 0 aromatic heterocycles. The largest absolute Gasteiger partial charge is 0.339 e. The van der Waals surface area contributed by atoms with Crippen LogP contribution in [0.25, 0.3) is 0 Å². The Morgan fingerprint density at radius 2 is 1.67 bits per heavy atom. The molecule has 5 rings (SSSR count). The van der Waals surface area contributed by atoms with Crippen molar-refractivity contribution in [2.75, 3.05) is 14.1 Å². The van der Waals surface area contributed by atoms with Gasteiger partial charge in [-0.05, 0) is 124 Å². The Labute approximate surface area is 202 Å². The van der Waals surface area contributed by atoms with E-state index < -0.39 is 0 Å². The van der Waals surface area contributed by atoms with Crippen molar-refractivity contribution in [3.8, 4) is 0 Å². The molecule has 3 nitrogen and oxygen atoms in total. The molecule has 3 heteroatoms. The predicted molar refractivity (Wildman–Crippen MR) is 136 cm³/mol. The molecule has 0 spiro atoms. The molecule has 0 saturated heterocycles. The smallest absolute Gasteiger partial charge is 0.253 e. The molecule has 1 aromatic rings. The Morgan fingerprint density at radius 3 is 2.39 bits per heavy atom. The first kappa shape index (κ1) is 23.4. The molecule has 33 heavy (non-hydrogen) atoms. The van der Waals surface area contributed by atoms with Crippen LogP contribution in [0.5, 0.6) is 0 Å². The van der Waals surface area contributed by atoms with Crippen LogP contribution in [-0.2, 0) is 0 Å². The average Bonchev–Trinajstić information content (AvgIpc) is 3.20. The Balaban J connectivity index is 1.30. The Morgan fingerprint density at radius 1 is 0.970 bits per heavy atom. The molecule has 4 fully saturated rings. The Hall–Kier alpha value is -1.35. The van der Waals surface area contributed by atoms with Crippen LogP contribution >= 0.6 is 0 Å². The van der Waals surface area contributed by atoms with Gasteiger partial charge in [0.15, 0.2) is 0 Å². The number of rotatable bonds is 4. The van der Waals surface area contributed by atoms with Crippen molar-refractivity contribution < 1.29 is 4.79 Å². The number of carbonyl (C=O) groups is 1. The summed E-state index contributed by atoms with van der Waals surface area (Å²) in [5.74, 6) is 4.57. The van der Waals surface area contributed by atoms with Gasteiger partial charge in [-0.25, -0.2) is 0 Å². The Kier molecular flexibility index (Phi) is 6.17. The third kappa shape index (κ3) is 3.68. The number of amides is 1. The number of benzene rings is 1. The maximum absolute atomic E-state index is 13.1. The van der Waals surface area contributed by atoms with E-state index >= 15 is 0 Å². The zero-order valence-corrected chi connectivity index (χ0v) is 21.6. The van der Waals surface area contributed by atoms with Crippen molar-refractivity contribution >= 4 is 5.91 Å². The second-order valence-electron chi connectivity index (χ2n) is 12.7. The summed E-state index contributed by atoms with van der Waals surface area (Å²) in [5.41, 5.74) is 1.84. The lowest BCUT2D eigenvalue weighted by Crippen LogP contribution is -2.56. The van der Waals surface area contributed by atoms with E-state index in [0.717, 1.165) is 35.2 Å². The van der Waals surface area contributed by atoms with Gasteiger partial charge in [0.05, 0.1) is 0 Å². The van der Waals surface area contributed by atoms with Gasteiger partial charge >= 0.3 is 0 Å². The van der Waals surface area contributed by atoms with Gasteiger partial charge in [0, 0.05) is 24.7 Å². The Bertz CT molecular complexity index is 854. The molecule has 0 bridgehead atoms. The maximum atomic E-state index is 13.1. The van der Waals surface area contributed by atoms with Crippen molar-refractivity contribution in [3.05, 3.63) is 35.9 Å². The minimum atomic E-state index is 0.196. The van der Waals surface area contributed by atoms with E-state index in [4.69, 9.17) is 0 Å². The van der Waals surface area contributed by atoms with Crippen LogP contribution in [-0.4, -0.2) is 37.0 Å². The first-order chi connectivity index (χ1) is 15.8. The summed E-state index contributed by atoms with van der Waals surface area (Å²) in [5, 5.41) is 3.59. The highest BCUT2D eigenvalue weighted by Gasteiger charge is 2.60. The van der Waals surface area contributed by atoms with Crippen LogP contribution in [0.1, 0.15) is 88.9 Å². The zero-order chi connectivity index (χ0) is 23.4. The van der Waals surface area contributed by atoms with E-state index in [2.05, 4.69) is 38.0 Å². The number of hydrogen-bond donors (Lipinski definition) is 1. The van der Waals surface area contributed by atoms with Crippen molar-refractivity contribution in [2.24, 2.45) is 40.4 Å². The highest BCUT2D eigenvalue weighted by molar-refractivity contribution is 5.94. The number of fused-ring (bicyclic) bond motifs is 5. The quantitative estimate of drug-likeness (QED) is 0.576. The normalized spacial score (nSPS) is 43.2. The topological polar surface area (TPSA) is 32.3 Å². The van der Waals surface area contributed by atoms with Gasteiger partial charge in [0.1, 0.15) is 0 Å². The third-order valence-corrected chi connectivity index (χ3v) is 11.7. The fraction of sp³-hybridized carbons (Fsp3) is 0.767. The number of carbonyl (C=O) groups excluding carboxylic acids is 1. The van der Waals surface area contributed by atoms with Gasteiger partial charge in [-0.2, -0.15) is 0 Å². The van der Waals surface area contributed by atoms with E-state index in [1.165, 1.54) is 57.8 Å². The molecule has 0 aliphatic heterocycles. The molecule has 1 aromatic carbocycles. The van der Waals surface area contributed by atoms with E-state index in [0.29, 0.717) is 22.9 Å². The summed E-state index contributed by atoms with van der Waals surface area (Å²) in [7, 11) is 4.19. The minimum Gasteiger partial charge on any atom is -0.339 e.